The summed E-state index contributed by atoms with van der Waals surface area (Å²) in [7, 11) is 0. The Hall–Kier alpha value is -4.91. The molecule has 0 saturated heterocycles. The molecule has 2 aliphatic rings. The van der Waals surface area contributed by atoms with Gasteiger partial charge in [0.1, 0.15) is 19.3 Å². The zero-order chi connectivity index (χ0) is 29.9. The standard InChI is InChI=1S/C36H33NO6/c1-2-3-20-33(34(38)39)37(35(40)42-21-31-27-16-8-4-12-23(27)24-13-5-9-17-28(24)31)36(41)43-22-32-29-18-10-6-14-25(29)26-15-7-11-19-30(26)32/h4-19,31-33H,2-3,20-22H2,1H3,(H,38,39)/t33-/m0/s1. The number of amides is 2. The van der Waals surface area contributed by atoms with Crippen LogP contribution in [0.2, 0.25) is 0 Å². The molecule has 7 nitrogen and oxygen atoms in total. The molecular weight excluding hydrogens is 542 g/mol. The number of fused-ring (bicyclic) bond motifs is 6. The van der Waals surface area contributed by atoms with Gasteiger partial charge < -0.3 is 14.6 Å². The zero-order valence-electron chi connectivity index (χ0n) is 23.9. The highest BCUT2D eigenvalue weighted by molar-refractivity contribution is 5.93. The van der Waals surface area contributed by atoms with Crippen molar-refractivity contribution in [2.45, 2.75) is 44.1 Å². The fourth-order valence-electron chi connectivity index (χ4n) is 6.42. The number of nitrogens with zero attached hydrogens (tertiary/aromatic N) is 1. The molecule has 0 heterocycles. The molecule has 0 fully saturated rings. The van der Waals surface area contributed by atoms with Gasteiger partial charge in [0, 0.05) is 11.8 Å². The second-order valence-corrected chi connectivity index (χ2v) is 11.0. The number of carbonyl (C=O) groups is 3. The molecule has 1 atom stereocenters. The van der Waals surface area contributed by atoms with E-state index < -0.39 is 24.2 Å². The molecule has 0 bridgehead atoms. The first-order valence-corrected chi connectivity index (χ1v) is 14.7. The molecule has 2 aliphatic carbocycles. The van der Waals surface area contributed by atoms with Gasteiger partial charge in [-0.05, 0) is 50.9 Å². The molecular formula is C36H33NO6. The van der Waals surface area contributed by atoms with Crippen LogP contribution in [-0.2, 0) is 14.3 Å². The van der Waals surface area contributed by atoms with E-state index >= 15 is 0 Å². The maximum atomic E-state index is 13.6. The summed E-state index contributed by atoms with van der Waals surface area (Å²) in [5.41, 5.74) is 8.35. The summed E-state index contributed by atoms with van der Waals surface area (Å²) in [6.45, 7) is 1.84. The summed E-state index contributed by atoms with van der Waals surface area (Å²) in [4.78, 5) is 40.2. The molecule has 6 rings (SSSR count). The molecule has 4 aromatic rings. The topological polar surface area (TPSA) is 93.1 Å². The highest BCUT2D eigenvalue weighted by atomic mass is 16.6. The number of ether oxygens (including phenoxy) is 2. The Balaban J connectivity index is 1.23. The van der Waals surface area contributed by atoms with Crippen LogP contribution in [0.4, 0.5) is 9.59 Å². The van der Waals surface area contributed by atoms with Gasteiger partial charge in [0.25, 0.3) is 0 Å². The summed E-state index contributed by atoms with van der Waals surface area (Å²) in [5.74, 6) is -1.75. The van der Waals surface area contributed by atoms with Crippen molar-refractivity contribution in [2.24, 2.45) is 0 Å². The Bertz CT molecular complexity index is 1480. The summed E-state index contributed by atoms with van der Waals surface area (Å²) >= 11 is 0. The summed E-state index contributed by atoms with van der Waals surface area (Å²) < 4.78 is 11.5. The monoisotopic (exact) mass is 575 g/mol. The molecule has 218 valence electrons. The summed E-state index contributed by atoms with van der Waals surface area (Å²) in [5, 5.41) is 10.1. The van der Waals surface area contributed by atoms with E-state index in [0.717, 1.165) is 44.5 Å². The van der Waals surface area contributed by atoms with Gasteiger partial charge in [0.15, 0.2) is 0 Å². The molecule has 0 spiro atoms. The van der Waals surface area contributed by atoms with Crippen molar-refractivity contribution in [1.82, 2.24) is 4.90 Å². The van der Waals surface area contributed by atoms with Crippen LogP contribution in [0.3, 0.4) is 0 Å². The minimum Gasteiger partial charge on any atom is -0.480 e. The number of unbranched alkanes of at least 4 members (excludes halogenated alkanes) is 1. The second kappa shape index (κ2) is 12.1. The van der Waals surface area contributed by atoms with Gasteiger partial charge >= 0.3 is 18.2 Å². The Morgan fingerprint density at radius 3 is 1.33 bits per heavy atom. The van der Waals surface area contributed by atoms with Gasteiger partial charge in [0.2, 0.25) is 0 Å². The number of carboxylic acids is 1. The normalized spacial score (nSPS) is 13.8. The van der Waals surface area contributed by atoms with Gasteiger partial charge in [-0.25, -0.2) is 14.4 Å². The molecule has 0 aliphatic heterocycles. The number of rotatable bonds is 9. The van der Waals surface area contributed by atoms with Crippen LogP contribution in [-0.4, -0.2) is 47.4 Å². The molecule has 1 N–H and O–H groups in total. The molecule has 4 aromatic carbocycles. The lowest BCUT2D eigenvalue weighted by molar-refractivity contribution is -0.142. The lowest BCUT2D eigenvalue weighted by Crippen LogP contribution is -2.49. The van der Waals surface area contributed by atoms with Gasteiger partial charge in [-0.1, -0.05) is 117 Å². The van der Waals surface area contributed by atoms with E-state index in [4.69, 9.17) is 9.47 Å². The Kier molecular flexibility index (Phi) is 7.97. The third-order valence-electron chi connectivity index (χ3n) is 8.49. The van der Waals surface area contributed by atoms with Crippen molar-refractivity contribution in [1.29, 1.82) is 0 Å². The van der Waals surface area contributed by atoms with E-state index in [1.807, 2.05) is 104 Å². The van der Waals surface area contributed by atoms with Gasteiger partial charge in [-0.15, -0.1) is 0 Å². The molecule has 0 saturated carbocycles. The predicted molar refractivity (Wildman–Crippen MR) is 163 cm³/mol. The molecule has 2 amide bonds. The first kappa shape index (κ1) is 28.2. The van der Waals surface area contributed by atoms with Crippen LogP contribution < -0.4 is 0 Å². The fraction of sp³-hybridized carbons (Fsp3) is 0.250. The fourth-order valence-corrected chi connectivity index (χ4v) is 6.42. The second-order valence-electron chi connectivity index (χ2n) is 11.0. The summed E-state index contributed by atoms with van der Waals surface area (Å²) in [6.07, 6.45) is -0.737. The van der Waals surface area contributed by atoms with Gasteiger partial charge in [0.05, 0.1) is 0 Å². The lowest BCUT2D eigenvalue weighted by atomic mass is 9.98. The average Bonchev–Trinajstić information content (AvgIpc) is 3.53. The highest BCUT2D eigenvalue weighted by Crippen LogP contribution is 2.46. The lowest BCUT2D eigenvalue weighted by Gasteiger charge is -2.27. The Morgan fingerprint density at radius 2 is 1.00 bits per heavy atom. The minimum atomic E-state index is -1.41. The highest BCUT2D eigenvalue weighted by Gasteiger charge is 2.39. The van der Waals surface area contributed by atoms with Crippen LogP contribution in [0.5, 0.6) is 0 Å². The van der Waals surface area contributed by atoms with Crippen LogP contribution in [0, 0.1) is 0 Å². The number of hydrogen-bond acceptors (Lipinski definition) is 5. The van der Waals surface area contributed by atoms with E-state index in [0.29, 0.717) is 17.7 Å². The number of carboxylic acid groups (broad SMARTS) is 1. The first-order chi connectivity index (χ1) is 21.0. The smallest absolute Gasteiger partial charge is 0.420 e. The van der Waals surface area contributed by atoms with Crippen molar-refractivity contribution in [2.75, 3.05) is 13.2 Å². The predicted octanol–water partition coefficient (Wildman–Crippen LogP) is 7.83. The van der Waals surface area contributed by atoms with Crippen LogP contribution in [0.1, 0.15) is 60.3 Å². The van der Waals surface area contributed by atoms with Crippen LogP contribution in [0.15, 0.2) is 97.1 Å². The van der Waals surface area contributed by atoms with Crippen molar-refractivity contribution >= 4 is 18.2 Å². The van der Waals surface area contributed by atoms with E-state index in [9.17, 15) is 19.5 Å². The van der Waals surface area contributed by atoms with E-state index in [1.54, 1.807) is 0 Å². The van der Waals surface area contributed by atoms with Gasteiger partial charge in [-0.2, -0.15) is 4.90 Å². The number of aliphatic carboxylic acids is 1. The first-order valence-electron chi connectivity index (χ1n) is 14.7. The zero-order valence-corrected chi connectivity index (χ0v) is 23.9. The number of hydrogen-bond donors (Lipinski definition) is 1. The molecule has 0 unspecified atom stereocenters. The van der Waals surface area contributed by atoms with Crippen molar-refractivity contribution in [3.63, 3.8) is 0 Å². The molecule has 0 radical (unpaired) electrons. The van der Waals surface area contributed by atoms with E-state index in [1.165, 1.54) is 0 Å². The Labute approximate surface area is 250 Å². The third kappa shape index (κ3) is 5.27. The maximum absolute atomic E-state index is 13.6. The molecule has 7 heteroatoms. The van der Waals surface area contributed by atoms with Crippen molar-refractivity contribution in [3.8, 4) is 22.3 Å². The maximum Gasteiger partial charge on any atom is 0.420 e. The summed E-state index contributed by atoms with van der Waals surface area (Å²) in [6, 6.07) is 30.3. The van der Waals surface area contributed by atoms with Gasteiger partial charge in [-0.3, -0.25) is 0 Å². The van der Waals surface area contributed by atoms with Crippen LogP contribution in [0.25, 0.3) is 22.3 Å². The number of benzene rings is 4. The van der Waals surface area contributed by atoms with Crippen molar-refractivity contribution in [3.05, 3.63) is 119 Å². The van der Waals surface area contributed by atoms with Crippen molar-refractivity contribution < 1.29 is 29.0 Å². The largest absolute Gasteiger partial charge is 0.480 e. The average molecular weight is 576 g/mol. The SMILES string of the molecule is CCCC[C@@H](C(=O)O)N(C(=O)OCC1c2ccccc2-c2ccccc21)C(=O)OCC1c2ccccc2-c2ccccc21. The van der Waals surface area contributed by atoms with Crippen LogP contribution >= 0.6 is 0 Å². The third-order valence-corrected chi connectivity index (χ3v) is 8.49. The number of carbonyl (C=O) groups excluding carboxylic acids is 2. The molecule has 43 heavy (non-hydrogen) atoms. The minimum absolute atomic E-state index is 0.0415. The quantitative estimate of drug-likeness (QED) is 0.219. The van der Waals surface area contributed by atoms with E-state index in [2.05, 4.69) is 0 Å². The number of imide groups is 1. The molecule has 0 aromatic heterocycles. The van der Waals surface area contributed by atoms with E-state index in [-0.39, 0.29) is 31.5 Å². The Morgan fingerprint density at radius 1 is 0.651 bits per heavy atom.